The summed E-state index contributed by atoms with van der Waals surface area (Å²) in [6.45, 7) is 3.91. The van der Waals surface area contributed by atoms with Crippen molar-refractivity contribution >= 4 is 44.2 Å². The Kier molecular flexibility index (Phi) is 5.98. The summed E-state index contributed by atoms with van der Waals surface area (Å²) in [5, 5.41) is 22.5. The van der Waals surface area contributed by atoms with Crippen LogP contribution in [-0.4, -0.2) is 16.3 Å². The topological polar surface area (TPSA) is 91.3 Å². The van der Waals surface area contributed by atoms with Gasteiger partial charge in [-0.2, -0.15) is 5.26 Å². The van der Waals surface area contributed by atoms with Gasteiger partial charge in [0.25, 0.3) is 5.69 Å². The van der Waals surface area contributed by atoms with Crippen LogP contribution in [0.25, 0.3) is 0 Å². The Morgan fingerprint density at radius 1 is 1.60 bits per heavy atom. The Labute approximate surface area is 129 Å². The van der Waals surface area contributed by atoms with Gasteiger partial charge in [0.1, 0.15) is 0 Å². The quantitative estimate of drug-likeness (QED) is 0.221. The first-order chi connectivity index (χ1) is 9.40. The van der Waals surface area contributed by atoms with Crippen molar-refractivity contribution in [2.75, 3.05) is 6.26 Å². The highest BCUT2D eigenvalue weighted by Crippen LogP contribution is 2.38. The van der Waals surface area contributed by atoms with Gasteiger partial charge in [-0.25, -0.2) is 4.99 Å². The van der Waals surface area contributed by atoms with E-state index in [0.29, 0.717) is 9.64 Å². The molecule has 0 aromatic heterocycles. The molecule has 0 saturated carbocycles. The lowest BCUT2D eigenvalue weighted by Crippen LogP contribution is -2.12. The van der Waals surface area contributed by atoms with Crippen LogP contribution in [0.4, 0.5) is 11.4 Å². The number of nitro groups is 1. The van der Waals surface area contributed by atoms with E-state index < -0.39 is 4.92 Å². The number of nitriles is 1. The zero-order valence-electron chi connectivity index (χ0n) is 11.2. The molecule has 0 aliphatic heterocycles. The SMILES string of the molecule is CSC(=Nc1c(Br)cc(C(C)C)cc1[N+](=O)[O-])NC#N. The highest BCUT2D eigenvalue weighted by atomic mass is 79.9. The maximum atomic E-state index is 11.2. The molecule has 8 heteroatoms. The van der Waals surface area contributed by atoms with Crippen LogP contribution in [0.15, 0.2) is 21.6 Å². The third-order valence-electron chi connectivity index (χ3n) is 2.50. The minimum atomic E-state index is -0.472. The fourth-order valence-electron chi connectivity index (χ4n) is 1.46. The van der Waals surface area contributed by atoms with Gasteiger partial charge in [-0.05, 0) is 39.7 Å². The van der Waals surface area contributed by atoms with Crippen molar-refractivity contribution in [2.45, 2.75) is 19.8 Å². The normalized spacial score (nSPS) is 11.3. The number of thioether (sulfide) groups is 1. The van der Waals surface area contributed by atoms with Crippen molar-refractivity contribution in [3.8, 4) is 6.19 Å². The second kappa shape index (κ2) is 7.26. The van der Waals surface area contributed by atoms with Crippen molar-refractivity contribution in [1.82, 2.24) is 5.32 Å². The molecule has 1 aromatic rings. The number of nitro benzene ring substituents is 1. The minimum Gasteiger partial charge on any atom is -0.271 e. The van der Waals surface area contributed by atoms with Crippen molar-refractivity contribution in [2.24, 2.45) is 4.99 Å². The lowest BCUT2D eigenvalue weighted by atomic mass is 10.0. The van der Waals surface area contributed by atoms with E-state index in [-0.39, 0.29) is 17.3 Å². The summed E-state index contributed by atoms with van der Waals surface area (Å²) in [7, 11) is 0. The predicted octanol–water partition coefficient (Wildman–Crippen LogP) is 3.90. The van der Waals surface area contributed by atoms with Gasteiger partial charge in [-0.15, -0.1) is 0 Å². The Morgan fingerprint density at radius 3 is 2.70 bits per heavy atom. The van der Waals surface area contributed by atoms with Crippen LogP contribution < -0.4 is 5.32 Å². The largest absolute Gasteiger partial charge is 0.296 e. The molecule has 0 heterocycles. The number of hydrogen-bond donors (Lipinski definition) is 1. The smallest absolute Gasteiger partial charge is 0.271 e. The molecule has 20 heavy (non-hydrogen) atoms. The zero-order chi connectivity index (χ0) is 15.3. The third-order valence-corrected chi connectivity index (χ3v) is 3.68. The summed E-state index contributed by atoms with van der Waals surface area (Å²) >= 11 is 4.51. The molecule has 0 unspecified atom stereocenters. The molecular weight excluding hydrogens is 344 g/mol. The molecule has 0 aliphatic carbocycles. The average Bonchev–Trinajstić information content (AvgIpc) is 2.39. The zero-order valence-corrected chi connectivity index (χ0v) is 13.6. The standard InChI is InChI=1S/C12H13BrN4O2S/c1-7(2)8-4-9(13)11(10(5-8)17(18)19)16-12(20-3)15-6-14/h4-5,7H,1-3H3,(H,15,16). The van der Waals surface area contributed by atoms with Gasteiger partial charge < -0.3 is 0 Å². The fourth-order valence-corrected chi connectivity index (χ4v) is 2.35. The first kappa shape index (κ1) is 16.5. The van der Waals surface area contributed by atoms with Gasteiger partial charge in [0, 0.05) is 6.07 Å². The Morgan fingerprint density at radius 2 is 2.25 bits per heavy atom. The number of halogens is 1. The molecule has 0 aliphatic rings. The van der Waals surface area contributed by atoms with Gasteiger partial charge >= 0.3 is 0 Å². The molecule has 0 fully saturated rings. The molecule has 0 amide bonds. The van der Waals surface area contributed by atoms with Crippen LogP contribution in [0.5, 0.6) is 0 Å². The van der Waals surface area contributed by atoms with Crippen LogP contribution in [0.3, 0.4) is 0 Å². The van der Waals surface area contributed by atoms with Crippen molar-refractivity contribution in [3.63, 3.8) is 0 Å². The molecule has 0 saturated heterocycles. The van der Waals surface area contributed by atoms with E-state index in [9.17, 15) is 10.1 Å². The molecule has 0 spiro atoms. The molecular formula is C12H13BrN4O2S. The number of hydrogen-bond acceptors (Lipinski definition) is 5. The summed E-state index contributed by atoms with van der Waals surface area (Å²) in [6, 6.07) is 3.32. The maximum absolute atomic E-state index is 11.2. The molecule has 1 aromatic carbocycles. The Bertz CT molecular complexity index is 596. The lowest BCUT2D eigenvalue weighted by molar-refractivity contribution is -0.384. The Hall–Kier alpha value is -1.59. The second-order valence-electron chi connectivity index (χ2n) is 4.14. The molecule has 6 nitrogen and oxygen atoms in total. The number of nitrogens with zero attached hydrogens (tertiary/aromatic N) is 3. The molecule has 1 N–H and O–H groups in total. The summed E-state index contributed by atoms with van der Waals surface area (Å²) in [4.78, 5) is 14.9. The number of amidine groups is 1. The van der Waals surface area contributed by atoms with Crippen molar-refractivity contribution in [1.29, 1.82) is 5.26 Å². The summed E-state index contributed by atoms with van der Waals surface area (Å²) in [5.41, 5.74) is 0.960. The average molecular weight is 357 g/mol. The molecule has 0 radical (unpaired) electrons. The predicted molar refractivity (Wildman–Crippen MR) is 84.2 cm³/mol. The number of aliphatic imine (C=N–C) groups is 1. The molecule has 106 valence electrons. The van der Waals surface area contributed by atoms with E-state index in [1.807, 2.05) is 13.8 Å². The summed E-state index contributed by atoms with van der Waals surface area (Å²) < 4.78 is 0.529. The van der Waals surface area contributed by atoms with Crippen LogP contribution >= 0.6 is 27.7 Å². The van der Waals surface area contributed by atoms with Gasteiger partial charge in [0.05, 0.1) is 9.40 Å². The number of rotatable bonds is 3. The molecule has 0 atom stereocenters. The molecule has 0 bridgehead atoms. The van der Waals surface area contributed by atoms with Crippen LogP contribution in [0.1, 0.15) is 25.3 Å². The van der Waals surface area contributed by atoms with Crippen LogP contribution in [0.2, 0.25) is 0 Å². The fraction of sp³-hybridized carbons (Fsp3) is 0.333. The summed E-state index contributed by atoms with van der Waals surface area (Å²) in [6.07, 6.45) is 3.48. The van der Waals surface area contributed by atoms with Gasteiger partial charge in [0.2, 0.25) is 0 Å². The first-order valence-corrected chi connectivity index (χ1v) is 7.68. The van der Waals surface area contributed by atoms with E-state index in [0.717, 1.165) is 5.56 Å². The number of benzene rings is 1. The third kappa shape index (κ3) is 3.95. The Balaban J connectivity index is 3.46. The van der Waals surface area contributed by atoms with Gasteiger partial charge in [-0.3, -0.25) is 15.4 Å². The van der Waals surface area contributed by atoms with Crippen molar-refractivity contribution < 1.29 is 4.92 Å². The van der Waals surface area contributed by atoms with Gasteiger partial charge in [0.15, 0.2) is 17.0 Å². The minimum absolute atomic E-state index is 0.0886. The van der Waals surface area contributed by atoms with E-state index in [1.54, 1.807) is 18.5 Å². The van der Waals surface area contributed by atoms with Gasteiger partial charge in [-0.1, -0.05) is 25.6 Å². The van der Waals surface area contributed by atoms with Crippen LogP contribution in [0, 0.1) is 21.6 Å². The van der Waals surface area contributed by atoms with E-state index in [1.165, 1.54) is 17.8 Å². The highest BCUT2D eigenvalue weighted by Gasteiger charge is 2.20. The summed E-state index contributed by atoms with van der Waals surface area (Å²) in [5.74, 6) is 0.167. The number of nitrogens with one attached hydrogen (secondary N) is 1. The van der Waals surface area contributed by atoms with E-state index in [4.69, 9.17) is 5.26 Å². The van der Waals surface area contributed by atoms with E-state index >= 15 is 0 Å². The van der Waals surface area contributed by atoms with E-state index in [2.05, 4.69) is 26.2 Å². The second-order valence-corrected chi connectivity index (χ2v) is 5.79. The van der Waals surface area contributed by atoms with Crippen LogP contribution in [-0.2, 0) is 0 Å². The lowest BCUT2D eigenvalue weighted by Gasteiger charge is -2.09. The van der Waals surface area contributed by atoms with Crippen molar-refractivity contribution in [3.05, 3.63) is 32.3 Å². The maximum Gasteiger partial charge on any atom is 0.296 e. The molecule has 1 rings (SSSR count). The first-order valence-electron chi connectivity index (χ1n) is 5.66. The monoisotopic (exact) mass is 356 g/mol. The highest BCUT2D eigenvalue weighted by molar-refractivity contribution is 9.10.